The highest BCUT2D eigenvalue weighted by Crippen LogP contribution is 2.45. The van der Waals surface area contributed by atoms with Crippen LogP contribution >= 0.6 is 0 Å². The lowest BCUT2D eigenvalue weighted by Gasteiger charge is -2.17. The van der Waals surface area contributed by atoms with Crippen molar-refractivity contribution in [1.82, 2.24) is 0 Å². The molecule has 234 valence electrons. The zero-order chi connectivity index (χ0) is 33.1. The molecule has 0 fully saturated rings. The van der Waals surface area contributed by atoms with Crippen molar-refractivity contribution in [3.05, 3.63) is 105 Å². The summed E-state index contributed by atoms with van der Waals surface area (Å²) >= 11 is 0. The van der Waals surface area contributed by atoms with Crippen molar-refractivity contribution in [2.45, 2.75) is 0 Å². The minimum Gasteiger partial charge on any atom is -0.448 e. The van der Waals surface area contributed by atoms with E-state index in [9.17, 15) is 65.9 Å². The maximum Gasteiger partial charge on any atom is 0.211 e. The Morgan fingerprint density at radius 3 is 0.659 bits per heavy atom. The molecule has 0 saturated carbocycles. The Hall–Kier alpha value is -4.91. The molecule has 0 heterocycles. The highest BCUT2D eigenvalue weighted by molar-refractivity contribution is 5.51. The molecule has 0 spiro atoms. The largest absolute Gasteiger partial charge is 0.448 e. The molecule has 0 aliphatic heterocycles. The van der Waals surface area contributed by atoms with Crippen molar-refractivity contribution in [3.63, 3.8) is 0 Å². The van der Waals surface area contributed by atoms with Gasteiger partial charge in [-0.1, -0.05) is 0 Å². The summed E-state index contributed by atoms with van der Waals surface area (Å²) < 4.78 is 249. The zero-order valence-electron chi connectivity index (χ0n) is 19.7. The second-order valence-electron chi connectivity index (χ2n) is 7.83. The van der Waals surface area contributed by atoms with Gasteiger partial charge < -0.3 is 14.2 Å². The van der Waals surface area contributed by atoms with Gasteiger partial charge in [0.1, 0.15) is 0 Å². The van der Waals surface area contributed by atoms with Crippen LogP contribution in [0.25, 0.3) is 0 Å². The summed E-state index contributed by atoms with van der Waals surface area (Å²) in [4.78, 5) is 0. The smallest absolute Gasteiger partial charge is 0.211 e. The molecule has 0 aromatic heterocycles. The van der Waals surface area contributed by atoms with Gasteiger partial charge in [-0.3, -0.25) is 0 Å². The van der Waals surface area contributed by atoms with Crippen LogP contribution in [0.1, 0.15) is 0 Å². The van der Waals surface area contributed by atoms with Gasteiger partial charge in [-0.25, -0.2) is 39.5 Å². The van der Waals surface area contributed by atoms with Gasteiger partial charge in [0, 0.05) is 6.07 Å². The number of rotatable bonds is 6. The van der Waals surface area contributed by atoms with Crippen molar-refractivity contribution in [1.29, 1.82) is 0 Å². The van der Waals surface area contributed by atoms with E-state index in [1.54, 1.807) is 0 Å². The Balaban J connectivity index is 2.01. The molecule has 4 aromatic carbocycles. The van der Waals surface area contributed by atoms with Gasteiger partial charge in [0.25, 0.3) is 0 Å². The van der Waals surface area contributed by atoms with E-state index in [-0.39, 0.29) is 0 Å². The van der Waals surface area contributed by atoms with Crippen LogP contribution in [-0.4, -0.2) is 0 Å². The average molecular weight is 660 g/mol. The van der Waals surface area contributed by atoms with Crippen LogP contribution in [0.2, 0.25) is 0 Å². The number of benzene rings is 4. The van der Waals surface area contributed by atoms with E-state index in [1.807, 2.05) is 0 Å². The molecule has 4 rings (SSSR count). The first-order chi connectivity index (χ1) is 20.4. The molecule has 4 aromatic rings. The molecular formula is C24HF17O3. The Labute approximate surface area is 229 Å². The Morgan fingerprint density at radius 2 is 0.409 bits per heavy atom. The van der Waals surface area contributed by atoms with E-state index in [0.29, 0.717) is 0 Å². The monoisotopic (exact) mass is 660 g/mol. The molecule has 0 amide bonds. The third-order valence-corrected chi connectivity index (χ3v) is 5.23. The van der Waals surface area contributed by atoms with E-state index in [4.69, 9.17) is 0 Å². The topological polar surface area (TPSA) is 27.7 Å². The van der Waals surface area contributed by atoms with Crippen LogP contribution < -0.4 is 14.2 Å². The van der Waals surface area contributed by atoms with Crippen LogP contribution in [0, 0.1) is 98.9 Å². The predicted molar refractivity (Wildman–Crippen MR) is 105 cm³/mol. The third kappa shape index (κ3) is 4.92. The van der Waals surface area contributed by atoms with Crippen LogP contribution in [0.5, 0.6) is 34.5 Å². The van der Waals surface area contributed by atoms with E-state index in [0.717, 1.165) is 0 Å². The van der Waals surface area contributed by atoms with Gasteiger partial charge in [-0.15, -0.1) is 0 Å². The summed E-state index contributed by atoms with van der Waals surface area (Å²) in [6, 6.07) is -0.438. The van der Waals surface area contributed by atoms with Crippen molar-refractivity contribution >= 4 is 0 Å². The molecule has 0 bridgehead atoms. The van der Waals surface area contributed by atoms with Crippen LogP contribution in [-0.2, 0) is 0 Å². The lowest BCUT2D eigenvalue weighted by molar-refractivity contribution is 0.295. The molecule has 0 aliphatic rings. The van der Waals surface area contributed by atoms with Crippen molar-refractivity contribution in [3.8, 4) is 34.5 Å². The highest BCUT2D eigenvalue weighted by Gasteiger charge is 2.35. The van der Waals surface area contributed by atoms with E-state index >= 15 is 8.78 Å². The molecule has 0 saturated heterocycles. The minimum absolute atomic E-state index is 0.438. The highest BCUT2D eigenvalue weighted by atomic mass is 19.2. The number of ether oxygens (including phenoxy) is 3. The van der Waals surface area contributed by atoms with Gasteiger partial charge in [0.15, 0.2) is 11.5 Å². The van der Waals surface area contributed by atoms with Crippen molar-refractivity contribution < 1.29 is 88.8 Å². The fourth-order valence-corrected chi connectivity index (χ4v) is 3.15. The Kier molecular flexibility index (Phi) is 8.22. The first-order valence-corrected chi connectivity index (χ1v) is 10.5. The summed E-state index contributed by atoms with van der Waals surface area (Å²) in [5, 5.41) is 0. The molecular weight excluding hydrogens is 659 g/mol. The molecule has 0 atom stereocenters. The molecule has 0 unspecified atom stereocenters. The van der Waals surface area contributed by atoms with Gasteiger partial charge >= 0.3 is 0 Å². The molecule has 20 heteroatoms. The van der Waals surface area contributed by atoms with Crippen molar-refractivity contribution in [2.24, 2.45) is 0 Å². The minimum atomic E-state index is -2.87. The van der Waals surface area contributed by atoms with E-state index < -0.39 is 139 Å². The van der Waals surface area contributed by atoms with Crippen LogP contribution in [0.4, 0.5) is 74.6 Å². The van der Waals surface area contributed by atoms with Gasteiger partial charge in [-0.05, 0) is 0 Å². The summed E-state index contributed by atoms with van der Waals surface area (Å²) in [7, 11) is 0. The maximum atomic E-state index is 15.2. The normalized spacial score (nSPS) is 11.3. The Morgan fingerprint density at radius 1 is 0.227 bits per heavy atom. The SMILES string of the molecule is Fc1c(F)c(F)c(Oc2cc(Oc3c(F)c(F)c(F)c(F)c3F)c(F)c(Oc3c(F)c(F)c(F)c(F)c3F)c2F)c(F)c1F. The molecule has 0 aliphatic carbocycles. The summed E-state index contributed by atoms with van der Waals surface area (Å²) in [6.45, 7) is 0. The van der Waals surface area contributed by atoms with Gasteiger partial charge in [-0.2, -0.15) is 35.1 Å². The first kappa shape index (κ1) is 32.0. The maximum absolute atomic E-state index is 15.2. The first-order valence-electron chi connectivity index (χ1n) is 10.5. The number of hydrogen-bond donors (Lipinski definition) is 0. The second-order valence-corrected chi connectivity index (χ2v) is 7.83. The van der Waals surface area contributed by atoms with Crippen LogP contribution in [0.3, 0.4) is 0 Å². The summed E-state index contributed by atoms with van der Waals surface area (Å²) in [6.07, 6.45) is 0. The molecule has 44 heavy (non-hydrogen) atoms. The molecule has 0 N–H and O–H groups in total. The summed E-state index contributed by atoms with van der Waals surface area (Å²) in [5.41, 5.74) is 0. The quantitative estimate of drug-likeness (QED) is 0.117. The lowest BCUT2D eigenvalue weighted by Crippen LogP contribution is -2.09. The van der Waals surface area contributed by atoms with Gasteiger partial charge in [0.05, 0.1) is 0 Å². The lowest BCUT2D eigenvalue weighted by atomic mass is 10.2. The average Bonchev–Trinajstić information content (AvgIpc) is 3.00. The predicted octanol–water partition coefficient (Wildman–Crippen LogP) is 9.43. The fourth-order valence-electron chi connectivity index (χ4n) is 3.15. The molecule has 3 nitrogen and oxygen atoms in total. The Bertz CT molecular complexity index is 1690. The standard InChI is InChI=1S/C24HF17O3/c25-4-2(42-22-15(36)9(30)6(27)10(31)16(22)37)1-3(43-23-17(38)11(32)7(28)12(33)18(23)39)5(26)21(4)44-24-19(40)13(34)8(29)14(35)20(24)41/h1H. The van der Waals surface area contributed by atoms with Crippen LogP contribution in [0.15, 0.2) is 6.07 Å². The fraction of sp³-hybridized carbons (Fsp3) is 0. The second kappa shape index (κ2) is 11.3. The molecule has 0 radical (unpaired) electrons. The number of halogens is 17. The zero-order valence-corrected chi connectivity index (χ0v) is 19.7. The van der Waals surface area contributed by atoms with Crippen molar-refractivity contribution in [2.75, 3.05) is 0 Å². The summed E-state index contributed by atoms with van der Waals surface area (Å²) in [5.74, 6) is -61.7. The van der Waals surface area contributed by atoms with Gasteiger partial charge in [0.2, 0.25) is 122 Å². The third-order valence-electron chi connectivity index (χ3n) is 5.23. The van der Waals surface area contributed by atoms with E-state index in [2.05, 4.69) is 14.2 Å². The van der Waals surface area contributed by atoms with E-state index in [1.165, 1.54) is 0 Å². The number of hydrogen-bond acceptors (Lipinski definition) is 3.